The van der Waals surface area contributed by atoms with Crippen LogP contribution in [0.3, 0.4) is 0 Å². The Morgan fingerprint density at radius 2 is 1.71 bits per heavy atom. The van der Waals surface area contributed by atoms with Crippen molar-refractivity contribution in [2.24, 2.45) is 0 Å². The van der Waals surface area contributed by atoms with E-state index in [-0.39, 0.29) is 17.7 Å². The maximum absolute atomic E-state index is 12.7. The number of hydrogen-bond acceptors (Lipinski definition) is 4. The van der Waals surface area contributed by atoms with Crippen molar-refractivity contribution >= 4 is 17.4 Å². The first-order chi connectivity index (χ1) is 15.0. The molecular weight excluding hydrogens is 394 g/mol. The molecule has 0 radical (unpaired) electrons. The summed E-state index contributed by atoms with van der Waals surface area (Å²) >= 11 is 0. The minimum Gasteiger partial charge on any atom is -0.497 e. The number of nitrogens with one attached hydrogen (secondary N) is 3. The third kappa shape index (κ3) is 6.54. The molecule has 7 nitrogen and oxygen atoms in total. The van der Waals surface area contributed by atoms with Gasteiger partial charge < -0.3 is 24.6 Å². The minimum absolute atomic E-state index is 0.00941. The summed E-state index contributed by atoms with van der Waals surface area (Å²) in [6, 6.07) is 14.6. The summed E-state index contributed by atoms with van der Waals surface area (Å²) < 4.78 is 11.0. The molecule has 31 heavy (non-hydrogen) atoms. The van der Waals surface area contributed by atoms with Gasteiger partial charge in [0.25, 0.3) is 5.91 Å². The molecule has 1 atom stereocenters. The highest BCUT2D eigenvalue weighted by Crippen LogP contribution is 2.16. The molecule has 3 N–H and O–H groups in total. The second-order valence-corrected chi connectivity index (χ2v) is 8.03. The van der Waals surface area contributed by atoms with Gasteiger partial charge in [-0.2, -0.15) is 0 Å². The largest absolute Gasteiger partial charge is 0.497 e. The van der Waals surface area contributed by atoms with Crippen LogP contribution in [-0.2, 0) is 4.79 Å². The maximum atomic E-state index is 12.7. The molecule has 166 valence electrons. The first-order valence-electron chi connectivity index (χ1n) is 10.8. The molecule has 0 unspecified atom stereocenters. The molecule has 0 spiro atoms. The number of benzene rings is 2. The van der Waals surface area contributed by atoms with Crippen LogP contribution in [0.5, 0.6) is 11.5 Å². The predicted octanol–water partition coefficient (Wildman–Crippen LogP) is 0.0872. The number of piperazine rings is 1. The van der Waals surface area contributed by atoms with Gasteiger partial charge in [0.05, 0.1) is 7.11 Å². The number of methoxy groups -OCH3 is 1. The topological polar surface area (TPSA) is 73.5 Å². The number of carbonyl (C=O) groups excluding carboxylic acids is 2. The van der Waals surface area contributed by atoms with E-state index in [4.69, 9.17) is 9.47 Å². The highest BCUT2D eigenvalue weighted by Gasteiger charge is 2.31. The van der Waals surface area contributed by atoms with Crippen LogP contribution in [-0.4, -0.2) is 64.2 Å². The fraction of sp³-hybridized carbons (Fsp3) is 0.417. The van der Waals surface area contributed by atoms with Gasteiger partial charge >= 0.3 is 0 Å². The number of Topliss-reactive ketones (excluding diaryl/α,β-unsaturated/α-hetero) is 1. The normalized spacial score (nSPS) is 19.3. The molecule has 0 aliphatic carbocycles. The first kappa shape index (κ1) is 22.8. The van der Waals surface area contributed by atoms with E-state index in [1.54, 1.807) is 25.3 Å². The molecular formula is C24H33N3O4+2. The average Bonchev–Trinajstić information content (AvgIpc) is 2.79. The van der Waals surface area contributed by atoms with Gasteiger partial charge in [-0.15, -0.1) is 0 Å². The van der Waals surface area contributed by atoms with Crippen molar-refractivity contribution in [3.8, 4) is 11.5 Å². The molecule has 1 saturated heterocycles. The van der Waals surface area contributed by atoms with E-state index >= 15 is 0 Å². The number of anilines is 1. The summed E-state index contributed by atoms with van der Waals surface area (Å²) in [6.07, 6.45) is 0. The molecule has 1 amide bonds. The number of carbonyl (C=O) groups is 2. The van der Waals surface area contributed by atoms with Gasteiger partial charge in [-0.05, 0) is 50.2 Å². The van der Waals surface area contributed by atoms with Crippen molar-refractivity contribution in [3.63, 3.8) is 0 Å². The lowest BCUT2D eigenvalue weighted by Crippen LogP contribution is -3.30. The standard InChI is InChI=1S/C24H31N3O4/c1-18(24(29)25-21-6-4-5-20(17-21)19(2)28)27-13-11-26(12-14-27)15-16-31-23-9-7-22(30-3)8-10-23/h4-10,17-18H,11-16H2,1-3H3,(H,25,29)/p+2/t18-/m1/s1. The van der Waals surface area contributed by atoms with E-state index in [0.717, 1.165) is 44.2 Å². The predicted molar refractivity (Wildman–Crippen MR) is 119 cm³/mol. The minimum atomic E-state index is -0.141. The third-order valence-electron chi connectivity index (χ3n) is 5.93. The van der Waals surface area contributed by atoms with E-state index in [1.165, 1.54) is 16.7 Å². The Bertz CT molecular complexity index is 877. The SMILES string of the molecule is COc1ccc(OCC[NH+]2CC[NH+]([C@H](C)C(=O)Nc3cccc(C(C)=O)c3)CC2)cc1. The van der Waals surface area contributed by atoms with Gasteiger partial charge in [0, 0.05) is 11.3 Å². The molecule has 3 rings (SSSR count). The Balaban J connectivity index is 1.40. The van der Waals surface area contributed by atoms with Crippen LogP contribution in [0.15, 0.2) is 48.5 Å². The van der Waals surface area contributed by atoms with Crippen molar-refractivity contribution in [2.45, 2.75) is 19.9 Å². The Kier molecular flexibility index (Phi) is 8.03. The molecule has 1 aliphatic heterocycles. The molecule has 7 heteroatoms. The van der Waals surface area contributed by atoms with Crippen LogP contribution in [0.2, 0.25) is 0 Å². The molecule has 2 aromatic rings. The second-order valence-electron chi connectivity index (χ2n) is 8.03. The van der Waals surface area contributed by atoms with E-state index in [2.05, 4.69) is 5.32 Å². The average molecular weight is 428 g/mol. The molecule has 1 fully saturated rings. The molecule has 0 bridgehead atoms. The van der Waals surface area contributed by atoms with Crippen molar-refractivity contribution in [1.82, 2.24) is 0 Å². The number of quaternary nitrogens is 2. The lowest BCUT2D eigenvalue weighted by Gasteiger charge is -2.32. The molecule has 1 heterocycles. The highest BCUT2D eigenvalue weighted by molar-refractivity contribution is 5.97. The summed E-state index contributed by atoms with van der Waals surface area (Å²) in [4.78, 5) is 27.0. The Morgan fingerprint density at radius 3 is 2.35 bits per heavy atom. The van der Waals surface area contributed by atoms with Gasteiger partial charge in [0.15, 0.2) is 11.8 Å². The van der Waals surface area contributed by atoms with E-state index in [0.29, 0.717) is 17.9 Å². The summed E-state index contributed by atoms with van der Waals surface area (Å²) in [6.45, 7) is 9.02. The van der Waals surface area contributed by atoms with Gasteiger partial charge in [0.2, 0.25) is 0 Å². The fourth-order valence-corrected chi connectivity index (χ4v) is 3.84. The van der Waals surface area contributed by atoms with Gasteiger partial charge in [-0.1, -0.05) is 12.1 Å². The van der Waals surface area contributed by atoms with Crippen LogP contribution in [0, 0.1) is 0 Å². The zero-order chi connectivity index (χ0) is 22.2. The van der Waals surface area contributed by atoms with E-state index in [1.807, 2.05) is 37.3 Å². The summed E-state index contributed by atoms with van der Waals surface area (Å²) in [7, 11) is 1.65. The first-order valence-corrected chi connectivity index (χ1v) is 10.8. The molecule has 0 saturated carbocycles. The number of ether oxygens (including phenoxy) is 2. The highest BCUT2D eigenvalue weighted by atomic mass is 16.5. The van der Waals surface area contributed by atoms with Gasteiger partial charge in [-0.3, -0.25) is 9.59 Å². The number of rotatable bonds is 9. The summed E-state index contributed by atoms with van der Waals surface area (Å²) in [5.41, 5.74) is 1.27. The number of ketones is 1. The maximum Gasteiger partial charge on any atom is 0.282 e. The monoisotopic (exact) mass is 427 g/mol. The van der Waals surface area contributed by atoms with Crippen LogP contribution >= 0.6 is 0 Å². The Hall–Kier alpha value is -2.90. The van der Waals surface area contributed by atoms with Crippen molar-refractivity contribution in [1.29, 1.82) is 0 Å². The fourth-order valence-electron chi connectivity index (χ4n) is 3.84. The lowest BCUT2D eigenvalue weighted by molar-refractivity contribution is -1.02. The summed E-state index contributed by atoms with van der Waals surface area (Å²) in [5, 5.41) is 2.96. The van der Waals surface area contributed by atoms with Crippen molar-refractivity contribution in [2.75, 3.05) is 51.8 Å². The lowest BCUT2D eigenvalue weighted by atomic mass is 10.1. The molecule has 1 aliphatic rings. The van der Waals surface area contributed by atoms with Gasteiger partial charge in [-0.25, -0.2) is 0 Å². The van der Waals surface area contributed by atoms with Crippen LogP contribution in [0.4, 0.5) is 5.69 Å². The van der Waals surface area contributed by atoms with Crippen molar-refractivity contribution in [3.05, 3.63) is 54.1 Å². The zero-order valence-electron chi connectivity index (χ0n) is 18.6. The van der Waals surface area contributed by atoms with Crippen LogP contribution in [0.25, 0.3) is 0 Å². The Labute approximate surface area is 183 Å². The molecule has 0 aromatic heterocycles. The Morgan fingerprint density at radius 1 is 1.03 bits per heavy atom. The number of amides is 1. The molecule has 2 aromatic carbocycles. The van der Waals surface area contributed by atoms with E-state index in [9.17, 15) is 9.59 Å². The van der Waals surface area contributed by atoms with Gasteiger partial charge in [0.1, 0.15) is 50.8 Å². The zero-order valence-corrected chi connectivity index (χ0v) is 18.6. The smallest absolute Gasteiger partial charge is 0.282 e. The van der Waals surface area contributed by atoms with E-state index < -0.39 is 0 Å². The van der Waals surface area contributed by atoms with Crippen LogP contribution in [0.1, 0.15) is 24.2 Å². The van der Waals surface area contributed by atoms with Crippen molar-refractivity contribution < 1.29 is 28.9 Å². The number of hydrogen-bond donors (Lipinski definition) is 3. The van der Waals surface area contributed by atoms with Crippen LogP contribution < -0.4 is 24.6 Å². The third-order valence-corrected chi connectivity index (χ3v) is 5.93. The second kappa shape index (κ2) is 10.9. The summed E-state index contributed by atoms with van der Waals surface area (Å²) in [5.74, 6) is 1.65. The quantitative estimate of drug-likeness (QED) is 0.496.